The number of nitrogens with zero attached hydrogens (tertiary/aromatic N) is 1. The van der Waals surface area contributed by atoms with Crippen LogP contribution in [0.15, 0.2) is 67.4 Å². The summed E-state index contributed by atoms with van der Waals surface area (Å²) in [6.07, 6.45) is 9.64. The molecule has 3 aromatic rings. The third-order valence-corrected chi connectivity index (χ3v) is 8.11. The Hall–Kier alpha value is -3.67. The minimum absolute atomic E-state index is 0.0176. The summed E-state index contributed by atoms with van der Waals surface area (Å²) in [6, 6.07) is 15.5. The van der Waals surface area contributed by atoms with E-state index in [9.17, 15) is 14.3 Å². The van der Waals surface area contributed by atoms with Crippen molar-refractivity contribution in [3.05, 3.63) is 89.9 Å². The van der Waals surface area contributed by atoms with Crippen molar-refractivity contribution in [2.24, 2.45) is 5.92 Å². The summed E-state index contributed by atoms with van der Waals surface area (Å²) in [5.41, 5.74) is 4.08. The zero-order valence-electron chi connectivity index (χ0n) is 21.8. The molecule has 2 saturated carbocycles. The van der Waals surface area contributed by atoms with E-state index >= 15 is 0 Å². The number of aromatic nitrogens is 1. The highest BCUT2D eigenvalue weighted by molar-refractivity contribution is 5.71. The maximum absolute atomic E-state index is 15.0. The van der Waals surface area contributed by atoms with E-state index in [0.29, 0.717) is 29.7 Å². The largest absolute Gasteiger partial charge is 0.489 e. The zero-order valence-corrected chi connectivity index (χ0v) is 21.8. The number of hydrogen-bond donors (Lipinski definition) is 1. The number of allylic oxidation sites excluding steroid dienone is 1. The van der Waals surface area contributed by atoms with Gasteiger partial charge in [0.2, 0.25) is 5.88 Å². The van der Waals surface area contributed by atoms with E-state index in [1.54, 1.807) is 6.07 Å². The van der Waals surface area contributed by atoms with Crippen LogP contribution in [0.25, 0.3) is 11.1 Å². The van der Waals surface area contributed by atoms with Gasteiger partial charge in [0.1, 0.15) is 18.2 Å². The molecule has 0 spiro atoms. The fourth-order valence-corrected chi connectivity index (χ4v) is 5.90. The van der Waals surface area contributed by atoms with Gasteiger partial charge < -0.3 is 14.6 Å². The number of rotatable bonds is 11. The van der Waals surface area contributed by atoms with Gasteiger partial charge in [0.15, 0.2) is 0 Å². The van der Waals surface area contributed by atoms with Crippen LogP contribution < -0.4 is 9.47 Å². The number of pyridine rings is 1. The van der Waals surface area contributed by atoms with Gasteiger partial charge in [-0.15, -0.1) is 6.58 Å². The third-order valence-electron chi connectivity index (χ3n) is 8.11. The molecule has 2 aromatic carbocycles. The molecule has 1 aromatic heterocycles. The highest BCUT2D eigenvalue weighted by atomic mass is 19.1. The Morgan fingerprint density at radius 1 is 1.18 bits per heavy atom. The van der Waals surface area contributed by atoms with E-state index in [1.807, 2.05) is 42.5 Å². The van der Waals surface area contributed by atoms with Gasteiger partial charge in [0.05, 0.1) is 19.7 Å². The van der Waals surface area contributed by atoms with Gasteiger partial charge >= 0.3 is 5.97 Å². The van der Waals surface area contributed by atoms with Crippen LogP contribution in [0.1, 0.15) is 67.6 Å². The second-order valence-electron chi connectivity index (χ2n) is 10.6. The van der Waals surface area contributed by atoms with Crippen molar-refractivity contribution in [1.82, 2.24) is 4.98 Å². The highest BCUT2D eigenvalue weighted by Crippen LogP contribution is 2.47. The van der Waals surface area contributed by atoms with E-state index in [0.717, 1.165) is 60.8 Å². The molecular weight excluding hydrogens is 481 g/mol. The van der Waals surface area contributed by atoms with Crippen molar-refractivity contribution in [3.8, 4) is 22.8 Å². The molecule has 6 heteroatoms. The number of carbonyl (C=O) groups is 1. The second-order valence-corrected chi connectivity index (χ2v) is 10.6. The molecule has 2 fully saturated rings. The van der Waals surface area contributed by atoms with Gasteiger partial charge in [-0.05, 0) is 71.9 Å². The number of halogens is 1. The van der Waals surface area contributed by atoms with Gasteiger partial charge in [-0.1, -0.05) is 49.2 Å². The first kappa shape index (κ1) is 26.0. The number of carboxylic acid groups (broad SMARTS) is 1. The van der Waals surface area contributed by atoms with Crippen molar-refractivity contribution in [2.75, 3.05) is 7.11 Å². The Morgan fingerprint density at radius 2 is 1.97 bits per heavy atom. The van der Waals surface area contributed by atoms with Crippen molar-refractivity contribution >= 4 is 5.97 Å². The molecule has 1 atom stereocenters. The molecule has 1 N–H and O–H groups in total. The smallest absolute Gasteiger partial charge is 0.303 e. The topological polar surface area (TPSA) is 68.7 Å². The van der Waals surface area contributed by atoms with E-state index in [-0.39, 0.29) is 17.8 Å². The molecule has 5 nitrogen and oxygen atoms in total. The highest BCUT2D eigenvalue weighted by Gasteiger charge is 2.36. The quantitative estimate of drug-likeness (QED) is 0.269. The summed E-state index contributed by atoms with van der Waals surface area (Å²) in [5.74, 6) is 0.373. The summed E-state index contributed by atoms with van der Waals surface area (Å²) < 4.78 is 26.5. The normalized spacial score (nSPS) is 17.1. The lowest BCUT2D eigenvalue weighted by Gasteiger charge is -2.29. The van der Waals surface area contributed by atoms with Crippen LogP contribution >= 0.6 is 0 Å². The molecule has 0 saturated heterocycles. The van der Waals surface area contributed by atoms with Gasteiger partial charge in [-0.25, -0.2) is 9.37 Å². The molecule has 2 aliphatic rings. The molecule has 0 aliphatic heterocycles. The standard InChI is InChI=1S/C32H34FNO4/c1-3-32(13-4-5-14-32)28-15-21(9-12-25(28)27-17-30(37-2)34-19-29(27)33)20-38-24-8-6-7-23(16-24)26(18-31(35)36)22-10-11-22/h3,6-9,12,15-17,19,22,26H,1,4-5,10-11,13-14,18,20H2,2H3,(H,35,36)/t26-/m0/s1. The Balaban J connectivity index is 1.44. The molecule has 38 heavy (non-hydrogen) atoms. The first-order valence-electron chi connectivity index (χ1n) is 13.3. The predicted octanol–water partition coefficient (Wildman–Crippen LogP) is 7.44. The Kier molecular flexibility index (Phi) is 7.50. The fourth-order valence-electron chi connectivity index (χ4n) is 5.90. The Morgan fingerprint density at radius 3 is 2.66 bits per heavy atom. The molecule has 198 valence electrons. The van der Waals surface area contributed by atoms with E-state index in [1.165, 1.54) is 13.3 Å². The number of aliphatic carboxylic acids is 1. The molecule has 2 aliphatic carbocycles. The van der Waals surface area contributed by atoms with Crippen LogP contribution in [0, 0.1) is 11.7 Å². The molecule has 0 unspecified atom stereocenters. The van der Waals surface area contributed by atoms with Crippen molar-refractivity contribution in [3.63, 3.8) is 0 Å². The Labute approximate surface area is 223 Å². The molecule has 0 radical (unpaired) electrons. The van der Waals surface area contributed by atoms with Crippen LogP contribution in [0.3, 0.4) is 0 Å². The van der Waals surface area contributed by atoms with E-state index < -0.39 is 11.8 Å². The number of methoxy groups -OCH3 is 1. The molecule has 0 bridgehead atoms. The minimum Gasteiger partial charge on any atom is -0.489 e. The number of hydrogen-bond acceptors (Lipinski definition) is 4. The molecule has 0 amide bonds. The predicted molar refractivity (Wildman–Crippen MR) is 145 cm³/mol. The van der Waals surface area contributed by atoms with Crippen LogP contribution in [0.4, 0.5) is 4.39 Å². The second kappa shape index (κ2) is 11.0. The monoisotopic (exact) mass is 515 g/mol. The minimum atomic E-state index is -0.771. The first-order chi connectivity index (χ1) is 18.4. The van der Waals surface area contributed by atoms with Gasteiger partial charge in [0.25, 0.3) is 0 Å². The van der Waals surface area contributed by atoms with Gasteiger partial charge in [0, 0.05) is 17.0 Å². The molecular formula is C32H34FNO4. The Bertz CT molecular complexity index is 1330. The van der Waals surface area contributed by atoms with Crippen LogP contribution in [0.5, 0.6) is 11.6 Å². The third kappa shape index (κ3) is 5.45. The number of carboxylic acids is 1. The molecule has 5 rings (SSSR count). The van der Waals surface area contributed by atoms with E-state index in [2.05, 4.69) is 17.6 Å². The first-order valence-corrected chi connectivity index (χ1v) is 13.3. The summed E-state index contributed by atoms with van der Waals surface area (Å²) in [5, 5.41) is 9.38. The zero-order chi connectivity index (χ0) is 26.7. The van der Waals surface area contributed by atoms with Crippen LogP contribution in [0.2, 0.25) is 0 Å². The maximum Gasteiger partial charge on any atom is 0.303 e. The maximum atomic E-state index is 15.0. The SMILES string of the molecule is C=CC1(c2cc(COc3cccc([C@@H](CC(=O)O)C4CC4)c3)ccc2-c2cc(OC)ncc2F)CCCC1. The summed E-state index contributed by atoms with van der Waals surface area (Å²) >= 11 is 0. The summed E-state index contributed by atoms with van der Waals surface area (Å²) in [4.78, 5) is 15.4. The lowest BCUT2D eigenvalue weighted by Crippen LogP contribution is -2.20. The number of ether oxygens (including phenoxy) is 2. The van der Waals surface area contributed by atoms with Crippen LogP contribution in [-0.2, 0) is 16.8 Å². The van der Waals surface area contributed by atoms with Gasteiger partial charge in [-0.3, -0.25) is 4.79 Å². The average molecular weight is 516 g/mol. The van der Waals surface area contributed by atoms with E-state index in [4.69, 9.17) is 9.47 Å². The summed E-state index contributed by atoms with van der Waals surface area (Å²) in [7, 11) is 1.52. The van der Waals surface area contributed by atoms with Gasteiger partial charge in [-0.2, -0.15) is 0 Å². The van der Waals surface area contributed by atoms with Crippen molar-refractivity contribution < 1.29 is 23.8 Å². The summed E-state index contributed by atoms with van der Waals surface area (Å²) in [6.45, 7) is 4.51. The fraction of sp³-hybridized carbons (Fsp3) is 0.375. The average Bonchev–Trinajstić information content (AvgIpc) is 3.66. The lowest BCUT2D eigenvalue weighted by atomic mass is 9.75. The van der Waals surface area contributed by atoms with Crippen molar-refractivity contribution in [2.45, 2.75) is 62.9 Å². The number of benzene rings is 2. The van der Waals surface area contributed by atoms with Crippen LogP contribution in [-0.4, -0.2) is 23.2 Å². The molecule has 1 heterocycles. The van der Waals surface area contributed by atoms with Crippen molar-refractivity contribution in [1.29, 1.82) is 0 Å². The lowest BCUT2D eigenvalue weighted by molar-refractivity contribution is -0.137.